The molecule has 1 unspecified atom stereocenters. The van der Waals surface area contributed by atoms with Crippen LogP contribution < -0.4 is 20.5 Å². The first kappa shape index (κ1) is 21.7. The van der Waals surface area contributed by atoms with E-state index in [1.54, 1.807) is 24.4 Å². The lowest BCUT2D eigenvalue weighted by atomic mass is 10.1. The first-order chi connectivity index (χ1) is 14.3. The van der Waals surface area contributed by atoms with Crippen LogP contribution in [0.4, 0.5) is 18.9 Å². The van der Waals surface area contributed by atoms with Gasteiger partial charge in [-0.25, -0.2) is 0 Å². The van der Waals surface area contributed by atoms with Crippen LogP contribution in [0.3, 0.4) is 0 Å². The molecule has 0 fully saturated rings. The number of ether oxygens (including phenoxy) is 2. The third kappa shape index (κ3) is 5.13. The molecule has 160 valence electrons. The van der Waals surface area contributed by atoms with Gasteiger partial charge in [0.15, 0.2) is 11.5 Å². The van der Waals surface area contributed by atoms with Gasteiger partial charge in [-0.3, -0.25) is 4.98 Å². The fourth-order valence-corrected chi connectivity index (χ4v) is 3.09. The second kappa shape index (κ2) is 9.21. The number of hydrogen-bond acceptors (Lipinski definition) is 5. The van der Waals surface area contributed by atoms with Crippen molar-refractivity contribution in [1.82, 2.24) is 4.98 Å². The number of alkyl halides is 3. The maximum atomic E-state index is 13.0. The Hall–Kier alpha value is -3.00. The average Bonchev–Trinajstić information content (AvgIpc) is 2.71. The van der Waals surface area contributed by atoms with E-state index in [9.17, 15) is 13.2 Å². The van der Waals surface area contributed by atoms with E-state index in [4.69, 9.17) is 15.2 Å². The molecule has 1 heterocycles. The SMILES string of the molecule is COc1cc(NCCCC(C)N)c2ncccc2c1Oc1cccc(C(F)(F)F)c1. The second-order valence-corrected chi connectivity index (χ2v) is 7.03. The van der Waals surface area contributed by atoms with E-state index in [0.29, 0.717) is 28.9 Å². The van der Waals surface area contributed by atoms with Crippen molar-refractivity contribution < 1.29 is 22.6 Å². The zero-order valence-electron chi connectivity index (χ0n) is 16.8. The molecule has 0 spiro atoms. The standard InChI is InChI=1S/C22H24F3N3O2/c1-14(26)6-4-10-27-18-13-19(29-2)21(17-9-5-11-28-20(17)18)30-16-8-3-7-15(12-16)22(23,24)25/h3,5,7-9,11-14,27H,4,6,10,26H2,1-2H3. The van der Waals surface area contributed by atoms with E-state index in [-0.39, 0.29) is 11.8 Å². The van der Waals surface area contributed by atoms with Gasteiger partial charge in [0.25, 0.3) is 0 Å². The Labute approximate surface area is 173 Å². The summed E-state index contributed by atoms with van der Waals surface area (Å²) in [5.41, 5.74) is 6.40. The van der Waals surface area contributed by atoms with Crippen molar-refractivity contribution >= 4 is 16.6 Å². The first-order valence-electron chi connectivity index (χ1n) is 9.60. The summed E-state index contributed by atoms with van der Waals surface area (Å²) in [6.07, 6.45) is -1.04. The minimum atomic E-state index is -4.46. The lowest BCUT2D eigenvalue weighted by molar-refractivity contribution is -0.137. The number of anilines is 1. The molecular weight excluding hydrogens is 395 g/mol. The van der Waals surface area contributed by atoms with E-state index >= 15 is 0 Å². The minimum absolute atomic E-state index is 0.0610. The van der Waals surface area contributed by atoms with Crippen molar-refractivity contribution in [2.75, 3.05) is 19.0 Å². The molecule has 3 rings (SSSR count). The molecular formula is C22H24F3N3O2. The Morgan fingerprint density at radius 3 is 2.67 bits per heavy atom. The fraction of sp³-hybridized carbons (Fsp3) is 0.318. The molecule has 0 aliphatic heterocycles. The van der Waals surface area contributed by atoms with Crippen LogP contribution in [-0.2, 0) is 6.18 Å². The quantitative estimate of drug-likeness (QED) is 0.466. The zero-order chi connectivity index (χ0) is 21.7. The summed E-state index contributed by atoms with van der Waals surface area (Å²) >= 11 is 0. The number of nitrogens with two attached hydrogens (primary N) is 1. The highest BCUT2D eigenvalue weighted by molar-refractivity contribution is 5.97. The Morgan fingerprint density at radius 1 is 1.17 bits per heavy atom. The summed E-state index contributed by atoms with van der Waals surface area (Å²) in [5, 5.41) is 3.96. The molecule has 0 aliphatic carbocycles. The van der Waals surface area contributed by atoms with Gasteiger partial charge in [-0.1, -0.05) is 6.07 Å². The van der Waals surface area contributed by atoms with E-state index in [2.05, 4.69) is 10.3 Å². The van der Waals surface area contributed by atoms with Crippen LogP contribution in [0.5, 0.6) is 17.2 Å². The Balaban J connectivity index is 1.96. The van der Waals surface area contributed by atoms with Crippen molar-refractivity contribution in [3.8, 4) is 17.2 Å². The molecule has 0 bridgehead atoms. The van der Waals surface area contributed by atoms with Crippen molar-refractivity contribution in [3.63, 3.8) is 0 Å². The topological polar surface area (TPSA) is 69.4 Å². The largest absolute Gasteiger partial charge is 0.493 e. The van der Waals surface area contributed by atoms with Gasteiger partial charge in [0, 0.05) is 30.2 Å². The number of pyridine rings is 1. The highest BCUT2D eigenvalue weighted by Gasteiger charge is 2.30. The highest BCUT2D eigenvalue weighted by atomic mass is 19.4. The van der Waals surface area contributed by atoms with Crippen molar-refractivity contribution in [2.45, 2.75) is 32.0 Å². The van der Waals surface area contributed by atoms with Crippen molar-refractivity contribution in [3.05, 3.63) is 54.2 Å². The van der Waals surface area contributed by atoms with Gasteiger partial charge in [0.05, 0.1) is 23.9 Å². The number of nitrogens with one attached hydrogen (secondary N) is 1. The second-order valence-electron chi connectivity index (χ2n) is 7.03. The number of aromatic nitrogens is 1. The normalized spacial score (nSPS) is 12.6. The summed E-state index contributed by atoms with van der Waals surface area (Å²) in [5.74, 6) is 0.759. The molecule has 0 saturated carbocycles. The van der Waals surface area contributed by atoms with E-state index in [0.717, 1.165) is 30.7 Å². The zero-order valence-corrected chi connectivity index (χ0v) is 16.8. The molecule has 1 atom stereocenters. The first-order valence-corrected chi connectivity index (χ1v) is 9.60. The maximum absolute atomic E-state index is 13.0. The molecule has 0 radical (unpaired) electrons. The molecule has 0 aliphatic rings. The van der Waals surface area contributed by atoms with E-state index in [1.165, 1.54) is 19.2 Å². The monoisotopic (exact) mass is 419 g/mol. The molecule has 30 heavy (non-hydrogen) atoms. The number of rotatable bonds is 8. The molecule has 2 aromatic carbocycles. The van der Waals surface area contributed by atoms with Crippen LogP contribution in [0.15, 0.2) is 48.7 Å². The number of nitrogens with zero attached hydrogens (tertiary/aromatic N) is 1. The van der Waals surface area contributed by atoms with Gasteiger partial charge in [-0.15, -0.1) is 0 Å². The fourth-order valence-electron chi connectivity index (χ4n) is 3.09. The van der Waals surface area contributed by atoms with Crippen LogP contribution in [0.1, 0.15) is 25.3 Å². The Morgan fingerprint density at radius 2 is 1.97 bits per heavy atom. The molecule has 3 aromatic rings. The summed E-state index contributed by atoms with van der Waals surface area (Å²) in [4.78, 5) is 4.43. The predicted octanol–water partition coefficient (Wildman–Crippen LogP) is 5.59. The number of fused-ring (bicyclic) bond motifs is 1. The smallest absolute Gasteiger partial charge is 0.416 e. The molecule has 8 heteroatoms. The Kier molecular flexibility index (Phi) is 6.66. The number of methoxy groups -OCH3 is 1. The van der Waals surface area contributed by atoms with E-state index in [1.807, 2.05) is 6.92 Å². The van der Waals surface area contributed by atoms with Crippen LogP contribution in [0.2, 0.25) is 0 Å². The molecule has 1 aromatic heterocycles. The number of hydrogen-bond donors (Lipinski definition) is 2. The molecule has 0 amide bonds. The summed E-state index contributed by atoms with van der Waals surface area (Å²) in [6, 6.07) is 10.1. The molecule has 5 nitrogen and oxygen atoms in total. The highest BCUT2D eigenvalue weighted by Crippen LogP contribution is 2.42. The van der Waals surface area contributed by atoms with E-state index < -0.39 is 11.7 Å². The van der Waals surface area contributed by atoms with Crippen LogP contribution in [0, 0.1) is 0 Å². The van der Waals surface area contributed by atoms with Crippen LogP contribution >= 0.6 is 0 Å². The van der Waals surface area contributed by atoms with Crippen molar-refractivity contribution in [1.29, 1.82) is 0 Å². The predicted molar refractivity (Wildman–Crippen MR) is 111 cm³/mol. The van der Waals surface area contributed by atoms with Crippen molar-refractivity contribution in [2.24, 2.45) is 5.73 Å². The maximum Gasteiger partial charge on any atom is 0.416 e. The average molecular weight is 419 g/mol. The molecule has 0 saturated heterocycles. The van der Waals surface area contributed by atoms with Crippen LogP contribution in [-0.4, -0.2) is 24.7 Å². The molecule has 3 N–H and O–H groups in total. The number of benzene rings is 2. The van der Waals surface area contributed by atoms with Gasteiger partial charge in [0.1, 0.15) is 5.75 Å². The van der Waals surface area contributed by atoms with Gasteiger partial charge >= 0.3 is 6.18 Å². The van der Waals surface area contributed by atoms with Crippen LogP contribution in [0.25, 0.3) is 10.9 Å². The lowest BCUT2D eigenvalue weighted by Gasteiger charge is -2.17. The summed E-state index contributed by atoms with van der Waals surface area (Å²) in [7, 11) is 1.48. The third-order valence-electron chi connectivity index (χ3n) is 4.56. The minimum Gasteiger partial charge on any atom is -0.493 e. The van der Waals surface area contributed by atoms with Gasteiger partial charge < -0.3 is 20.5 Å². The summed E-state index contributed by atoms with van der Waals surface area (Å²) in [6.45, 7) is 2.66. The van der Waals surface area contributed by atoms with Gasteiger partial charge in [-0.05, 0) is 50.1 Å². The third-order valence-corrected chi connectivity index (χ3v) is 4.56. The van der Waals surface area contributed by atoms with Gasteiger partial charge in [-0.2, -0.15) is 13.2 Å². The summed E-state index contributed by atoms with van der Waals surface area (Å²) < 4.78 is 50.5. The lowest BCUT2D eigenvalue weighted by Crippen LogP contribution is -2.16. The number of halogens is 3. The van der Waals surface area contributed by atoms with Gasteiger partial charge in [0.2, 0.25) is 0 Å². The Bertz CT molecular complexity index is 1010.